The van der Waals surface area contributed by atoms with E-state index in [9.17, 15) is 0 Å². The smallest absolute Gasteiger partial charge is 0.209 e. The second kappa shape index (κ2) is 9.79. The fourth-order valence-electron chi connectivity index (χ4n) is 3.10. The highest BCUT2D eigenvalue weighted by Crippen LogP contribution is 2.27. The van der Waals surface area contributed by atoms with Gasteiger partial charge in [-0.2, -0.15) is 0 Å². The minimum absolute atomic E-state index is 0.0889. The van der Waals surface area contributed by atoms with Crippen LogP contribution in [0.1, 0.15) is 51.1 Å². The maximum Gasteiger partial charge on any atom is 0.209 e. The summed E-state index contributed by atoms with van der Waals surface area (Å²) in [6.07, 6.45) is 2.80. The van der Waals surface area contributed by atoms with Gasteiger partial charge in [-0.25, -0.2) is 9.98 Å². The van der Waals surface area contributed by atoms with E-state index in [1.807, 2.05) is 42.6 Å². The molecule has 2 atom stereocenters. The van der Waals surface area contributed by atoms with E-state index in [1.165, 1.54) is 0 Å². The lowest BCUT2D eigenvalue weighted by atomic mass is 9.87. The fraction of sp³-hybridized carbons (Fsp3) is 0.458. The van der Waals surface area contributed by atoms with E-state index in [0.717, 1.165) is 29.3 Å². The molecule has 3 rings (SSSR count). The van der Waals surface area contributed by atoms with Crippen molar-refractivity contribution in [1.82, 2.24) is 4.98 Å². The van der Waals surface area contributed by atoms with Crippen LogP contribution in [0.4, 0.5) is 0 Å². The summed E-state index contributed by atoms with van der Waals surface area (Å²) in [7, 11) is 0. The molecule has 0 fully saturated rings. The molecule has 2 aromatic rings. The lowest BCUT2D eigenvalue weighted by Gasteiger charge is -2.26. The molecule has 2 heterocycles. The number of hydrogen-bond acceptors (Lipinski definition) is 5. The molecular formula is C24H31N3O2. The Morgan fingerprint density at radius 3 is 2.62 bits per heavy atom. The minimum atomic E-state index is -0.126. The Morgan fingerprint density at radius 2 is 1.93 bits per heavy atom. The van der Waals surface area contributed by atoms with Gasteiger partial charge in [-0.05, 0) is 29.5 Å². The van der Waals surface area contributed by atoms with E-state index in [1.54, 1.807) is 0 Å². The first kappa shape index (κ1) is 21.2. The Morgan fingerprint density at radius 1 is 1.14 bits per heavy atom. The molecule has 1 aliphatic heterocycles. The molecule has 0 saturated carbocycles. The summed E-state index contributed by atoms with van der Waals surface area (Å²) in [4.78, 5) is 14.2. The van der Waals surface area contributed by atoms with Crippen LogP contribution in [-0.2, 0) is 22.7 Å². The van der Waals surface area contributed by atoms with E-state index in [4.69, 9.17) is 19.5 Å². The molecule has 0 radical (unpaired) electrons. The van der Waals surface area contributed by atoms with Crippen molar-refractivity contribution in [3.05, 3.63) is 65.5 Å². The van der Waals surface area contributed by atoms with Gasteiger partial charge in [-0.1, -0.05) is 64.1 Å². The van der Waals surface area contributed by atoms with E-state index in [-0.39, 0.29) is 17.5 Å². The molecule has 5 nitrogen and oxygen atoms in total. The van der Waals surface area contributed by atoms with Gasteiger partial charge < -0.3 is 9.47 Å². The lowest BCUT2D eigenvalue weighted by molar-refractivity contribution is 0.104. The highest BCUT2D eigenvalue weighted by Gasteiger charge is 2.33. The molecule has 1 aliphatic rings. The maximum atomic E-state index is 5.85. The van der Waals surface area contributed by atoms with Gasteiger partial charge in [-0.15, -0.1) is 0 Å². The van der Waals surface area contributed by atoms with Crippen LogP contribution in [0.15, 0.2) is 58.5 Å². The molecule has 154 valence electrons. The summed E-state index contributed by atoms with van der Waals surface area (Å²) >= 11 is 0. The van der Waals surface area contributed by atoms with Gasteiger partial charge in [-0.3, -0.25) is 4.99 Å². The minimum Gasteiger partial charge on any atom is -0.477 e. The van der Waals surface area contributed by atoms with Crippen molar-refractivity contribution in [2.75, 3.05) is 6.61 Å². The van der Waals surface area contributed by atoms with Crippen molar-refractivity contribution in [2.45, 2.75) is 59.4 Å². The molecular weight excluding hydrogens is 362 g/mol. The van der Waals surface area contributed by atoms with E-state index in [0.29, 0.717) is 19.8 Å². The molecule has 0 saturated heterocycles. The Kier molecular flexibility index (Phi) is 7.15. The van der Waals surface area contributed by atoms with E-state index >= 15 is 0 Å². The van der Waals surface area contributed by atoms with Crippen LogP contribution in [0.5, 0.6) is 0 Å². The van der Waals surface area contributed by atoms with Gasteiger partial charge in [0.05, 0.1) is 30.6 Å². The molecule has 0 N–H and O–H groups in total. The van der Waals surface area contributed by atoms with Crippen LogP contribution < -0.4 is 0 Å². The molecule has 0 bridgehead atoms. The molecule has 5 heteroatoms. The quantitative estimate of drug-likeness (QED) is 0.603. The van der Waals surface area contributed by atoms with Crippen molar-refractivity contribution in [3.63, 3.8) is 0 Å². The number of benzene rings is 1. The Bertz CT molecular complexity index is 841. The van der Waals surface area contributed by atoms with Crippen molar-refractivity contribution in [1.29, 1.82) is 0 Å². The predicted molar refractivity (Wildman–Crippen MR) is 117 cm³/mol. The standard InChI is InChI=1S/C24H31N3O2/c1-5-19-17-29-23(27-19)22(24(2,3)4)25-14-20-12-9-13-21(26-20)16-28-15-18-10-7-6-8-11-18/h6-14,19,22H,5,15-17H2,1-4H3/t19-,22-/m1/s1. The topological polar surface area (TPSA) is 56.1 Å². The maximum absolute atomic E-state index is 5.85. The number of rotatable bonds is 8. The molecule has 0 amide bonds. The monoisotopic (exact) mass is 393 g/mol. The zero-order chi connectivity index (χ0) is 20.7. The van der Waals surface area contributed by atoms with Crippen molar-refractivity contribution >= 4 is 12.1 Å². The zero-order valence-electron chi connectivity index (χ0n) is 17.8. The van der Waals surface area contributed by atoms with Gasteiger partial charge >= 0.3 is 0 Å². The summed E-state index contributed by atoms with van der Waals surface area (Å²) < 4.78 is 11.6. The molecule has 0 unspecified atom stereocenters. The third kappa shape index (κ3) is 6.23. The van der Waals surface area contributed by atoms with Crippen molar-refractivity contribution in [3.8, 4) is 0 Å². The zero-order valence-corrected chi connectivity index (χ0v) is 17.8. The second-order valence-corrected chi connectivity index (χ2v) is 8.42. The number of pyridine rings is 1. The third-order valence-corrected chi connectivity index (χ3v) is 4.80. The summed E-state index contributed by atoms with van der Waals surface area (Å²) in [5.74, 6) is 0.739. The van der Waals surface area contributed by atoms with Crippen LogP contribution in [0.25, 0.3) is 0 Å². The molecule has 29 heavy (non-hydrogen) atoms. The highest BCUT2D eigenvalue weighted by molar-refractivity contribution is 5.87. The summed E-state index contributed by atoms with van der Waals surface area (Å²) in [6.45, 7) is 10.3. The third-order valence-electron chi connectivity index (χ3n) is 4.80. The number of hydrogen-bond donors (Lipinski definition) is 0. The van der Waals surface area contributed by atoms with Crippen LogP contribution in [0.3, 0.4) is 0 Å². The van der Waals surface area contributed by atoms with Gasteiger partial charge in [0.2, 0.25) is 5.90 Å². The highest BCUT2D eigenvalue weighted by atomic mass is 16.5. The SMILES string of the molecule is CC[C@@H]1COC([C@@H](N=Cc2cccc(COCc3ccccc3)n2)C(C)(C)C)=N1. The number of aromatic nitrogens is 1. The van der Waals surface area contributed by atoms with Crippen LogP contribution in [-0.4, -0.2) is 35.8 Å². The van der Waals surface area contributed by atoms with Crippen LogP contribution >= 0.6 is 0 Å². The summed E-state index contributed by atoms with van der Waals surface area (Å²) in [6, 6.07) is 16.2. The first-order chi connectivity index (χ1) is 14.0. The number of nitrogens with zero attached hydrogens (tertiary/aromatic N) is 3. The summed E-state index contributed by atoms with van der Waals surface area (Å²) in [5, 5.41) is 0. The van der Waals surface area contributed by atoms with E-state index in [2.05, 4.69) is 44.8 Å². The molecule has 1 aromatic heterocycles. The fourth-order valence-corrected chi connectivity index (χ4v) is 3.10. The van der Waals surface area contributed by atoms with Crippen LogP contribution in [0, 0.1) is 5.41 Å². The largest absolute Gasteiger partial charge is 0.477 e. The van der Waals surface area contributed by atoms with Gasteiger partial charge in [0.1, 0.15) is 12.6 Å². The van der Waals surface area contributed by atoms with Gasteiger partial charge in [0, 0.05) is 6.21 Å². The van der Waals surface area contributed by atoms with Crippen LogP contribution in [0.2, 0.25) is 0 Å². The Hall–Kier alpha value is -2.53. The van der Waals surface area contributed by atoms with Gasteiger partial charge in [0.15, 0.2) is 0 Å². The first-order valence-corrected chi connectivity index (χ1v) is 10.3. The number of ether oxygens (including phenoxy) is 2. The molecule has 0 spiro atoms. The van der Waals surface area contributed by atoms with Gasteiger partial charge in [0.25, 0.3) is 0 Å². The Labute approximate surface area is 173 Å². The first-order valence-electron chi connectivity index (χ1n) is 10.3. The lowest BCUT2D eigenvalue weighted by Crippen LogP contribution is -2.33. The second-order valence-electron chi connectivity index (χ2n) is 8.42. The molecule has 1 aromatic carbocycles. The van der Waals surface area contributed by atoms with Crippen molar-refractivity contribution in [2.24, 2.45) is 15.4 Å². The molecule has 0 aliphatic carbocycles. The van der Waals surface area contributed by atoms with E-state index < -0.39 is 0 Å². The number of aliphatic imine (C=N–C) groups is 2. The normalized spacial score (nSPS) is 17.9. The summed E-state index contributed by atoms with van der Waals surface area (Å²) in [5.41, 5.74) is 2.76. The Balaban J connectivity index is 1.65. The predicted octanol–water partition coefficient (Wildman–Crippen LogP) is 4.84. The average molecular weight is 394 g/mol. The average Bonchev–Trinajstić information content (AvgIpc) is 3.17. The van der Waals surface area contributed by atoms with Crippen molar-refractivity contribution < 1.29 is 9.47 Å².